The molecule has 0 aliphatic heterocycles. The second kappa shape index (κ2) is 10.2. The van der Waals surface area contributed by atoms with Crippen molar-refractivity contribution in [3.8, 4) is 0 Å². The van der Waals surface area contributed by atoms with Gasteiger partial charge in [0.05, 0.1) is 9.95 Å². The Morgan fingerprint density at radius 3 is 2.68 bits per heavy atom. The average molecular weight is 410 g/mol. The number of nitro groups is 1. The molecule has 0 atom stereocenters. The van der Waals surface area contributed by atoms with Gasteiger partial charge in [-0.2, -0.15) is 0 Å². The van der Waals surface area contributed by atoms with E-state index in [0.29, 0.717) is 18.7 Å². The Labute approximate surface area is 164 Å². The molecule has 0 radical (unpaired) electrons. The number of halogens is 2. The van der Waals surface area contributed by atoms with Crippen molar-refractivity contribution >= 4 is 40.5 Å². The molecule has 0 saturated carbocycles. The first-order valence-electron chi connectivity index (χ1n) is 8.24. The smallest absolute Gasteiger partial charge is 0.306 e. The predicted molar refractivity (Wildman–Crippen MR) is 102 cm³/mol. The van der Waals surface area contributed by atoms with Gasteiger partial charge >= 0.3 is 5.97 Å². The Morgan fingerprint density at radius 1 is 1.21 bits per heavy atom. The van der Waals surface area contributed by atoms with E-state index in [4.69, 9.17) is 16.3 Å². The number of para-hydroxylation sites is 2. The van der Waals surface area contributed by atoms with E-state index in [1.54, 1.807) is 18.2 Å². The molecule has 148 valence electrons. The molecule has 0 aliphatic carbocycles. The van der Waals surface area contributed by atoms with Gasteiger partial charge in [0.2, 0.25) is 0 Å². The fourth-order valence-electron chi connectivity index (χ4n) is 2.23. The Bertz CT molecular complexity index is 878. The van der Waals surface area contributed by atoms with Crippen LogP contribution in [-0.2, 0) is 14.3 Å². The maximum Gasteiger partial charge on any atom is 0.306 e. The summed E-state index contributed by atoms with van der Waals surface area (Å²) in [6.07, 6.45) is 0.392. The van der Waals surface area contributed by atoms with E-state index in [-0.39, 0.29) is 22.8 Å². The minimum atomic E-state index is -0.611. The van der Waals surface area contributed by atoms with Crippen LogP contribution >= 0.6 is 11.6 Å². The number of carbonyl (C=O) groups is 2. The Balaban J connectivity index is 1.68. The molecular formula is C18H17ClFN3O5. The maximum absolute atomic E-state index is 13.1. The Morgan fingerprint density at radius 2 is 1.96 bits per heavy atom. The molecule has 2 rings (SSSR count). The van der Waals surface area contributed by atoms with Crippen molar-refractivity contribution in [1.29, 1.82) is 0 Å². The summed E-state index contributed by atoms with van der Waals surface area (Å²) in [5.74, 6) is -1.79. The highest BCUT2D eigenvalue weighted by Crippen LogP contribution is 2.23. The highest BCUT2D eigenvalue weighted by atomic mass is 35.5. The fraction of sp³-hybridized carbons (Fsp3) is 0.222. The van der Waals surface area contributed by atoms with Crippen LogP contribution in [0, 0.1) is 15.9 Å². The molecule has 2 N–H and O–H groups in total. The zero-order valence-electron chi connectivity index (χ0n) is 14.6. The van der Waals surface area contributed by atoms with Gasteiger partial charge in [0.25, 0.3) is 11.6 Å². The summed E-state index contributed by atoms with van der Waals surface area (Å²) in [6.45, 7) is -0.175. The number of hydrogen-bond donors (Lipinski definition) is 2. The molecule has 0 unspecified atom stereocenters. The third kappa shape index (κ3) is 6.51. The van der Waals surface area contributed by atoms with Crippen molar-refractivity contribution in [3.05, 3.63) is 63.4 Å². The lowest BCUT2D eigenvalue weighted by atomic mass is 10.2. The number of ether oxygens (including phenoxy) is 1. The second-order valence-electron chi connectivity index (χ2n) is 5.64. The minimum Gasteiger partial charge on any atom is -0.456 e. The van der Waals surface area contributed by atoms with Crippen LogP contribution in [0.1, 0.15) is 12.8 Å². The highest BCUT2D eigenvalue weighted by molar-refractivity contribution is 6.31. The standard InChI is InChI=1S/C18H17ClFN3O5/c19-13-10-12(7-8-14(13)20)22-17(24)11-28-18(25)6-3-9-21-15-4-1-2-5-16(15)23(26)27/h1-2,4-5,7-8,10,21H,3,6,9,11H2,(H,22,24). The molecule has 2 aromatic carbocycles. The van der Waals surface area contributed by atoms with Gasteiger partial charge in [-0.1, -0.05) is 23.7 Å². The fourth-order valence-corrected chi connectivity index (χ4v) is 2.41. The molecule has 1 amide bonds. The first-order chi connectivity index (χ1) is 13.4. The van der Waals surface area contributed by atoms with Crippen LogP contribution in [0.3, 0.4) is 0 Å². The Kier molecular flexibility index (Phi) is 7.70. The molecule has 10 heteroatoms. The maximum atomic E-state index is 13.1. The summed E-state index contributed by atoms with van der Waals surface area (Å²) in [7, 11) is 0. The molecule has 0 aromatic heterocycles. The third-order valence-electron chi connectivity index (χ3n) is 3.54. The molecule has 0 spiro atoms. The van der Waals surface area contributed by atoms with Crippen molar-refractivity contribution in [2.24, 2.45) is 0 Å². The molecule has 0 bridgehead atoms. The van der Waals surface area contributed by atoms with E-state index in [1.165, 1.54) is 18.2 Å². The number of nitro benzene ring substituents is 1. The van der Waals surface area contributed by atoms with Gasteiger partial charge in [-0.05, 0) is 30.7 Å². The van der Waals surface area contributed by atoms with E-state index >= 15 is 0 Å². The second-order valence-corrected chi connectivity index (χ2v) is 6.05. The number of anilines is 2. The van der Waals surface area contributed by atoms with Gasteiger partial charge in [0.1, 0.15) is 11.5 Å². The lowest BCUT2D eigenvalue weighted by molar-refractivity contribution is -0.384. The number of nitrogens with one attached hydrogen (secondary N) is 2. The number of esters is 1. The van der Waals surface area contributed by atoms with Crippen LogP contribution in [-0.4, -0.2) is 30.0 Å². The molecule has 0 fully saturated rings. The number of hydrogen-bond acceptors (Lipinski definition) is 6. The van der Waals surface area contributed by atoms with E-state index in [0.717, 1.165) is 6.07 Å². The van der Waals surface area contributed by atoms with Crippen LogP contribution < -0.4 is 10.6 Å². The summed E-state index contributed by atoms with van der Waals surface area (Å²) in [6, 6.07) is 9.85. The van der Waals surface area contributed by atoms with Gasteiger partial charge in [0.15, 0.2) is 6.61 Å². The number of rotatable bonds is 9. The van der Waals surface area contributed by atoms with Crippen LogP contribution in [0.25, 0.3) is 0 Å². The molecule has 8 nitrogen and oxygen atoms in total. The van der Waals surface area contributed by atoms with Crippen molar-refractivity contribution in [2.75, 3.05) is 23.8 Å². The molecule has 0 aliphatic rings. The quantitative estimate of drug-likeness (QED) is 0.282. The largest absolute Gasteiger partial charge is 0.456 e. The van der Waals surface area contributed by atoms with Crippen molar-refractivity contribution < 1.29 is 23.6 Å². The summed E-state index contributed by atoms with van der Waals surface area (Å²) < 4.78 is 17.9. The highest BCUT2D eigenvalue weighted by Gasteiger charge is 2.12. The van der Waals surface area contributed by atoms with Crippen molar-refractivity contribution in [2.45, 2.75) is 12.8 Å². The summed E-state index contributed by atoms with van der Waals surface area (Å²) in [5.41, 5.74) is 0.585. The first-order valence-corrected chi connectivity index (χ1v) is 8.62. The zero-order valence-corrected chi connectivity index (χ0v) is 15.4. The molecule has 2 aromatic rings. The number of nitrogens with zero attached hydrogens (tertiary/aromatic N) is 1. The molecule has 0 saturated heterocycles. The SMILES string of the molecule is O=C(COC(=O)CCCNc1ccccc1[N+](=O)[O-])Nc1ccc(F)c(Cl)c1. The molecule has 28 heavy (non-hydrogen) atoms. The van der Waals surface area contributed by atoms with E-state index < -0.39 is 29.2 Å². The van der Waals surface area contributed by atoms with Gasteiger partial charge in [-0.25, -0.2) is 4.39 Å². The lowest BCUT2D eigenvalue weighted by Gasteiger charge is -2.08. The van der Waals surface area contributed by atoms with Gasteiger partial charge < -0.3 is 15.4 Å². The van der Waals surface area contributed by atoms with E-state index in [9.17, 15) is 24.1 Å². The predicted octanol–water partition coefficient (Wildman–Crippen LogP) is 3.76. The monoisotopic (exact) mass is 409 g/mol. The van der Waals surface area contributed by atoms with Gasteiger partial charge in [-0.3, -0.25) is 19.7 Å². The first kappa shape index (κ1) is 21.1. The number of benzene rings is 2. The lowest BCUT2D eigenvalue weighted by Crippen LogP contribution is -2.21. The summed E-state index contributed by atoms with van der Waals surface area (Å²) in [4.78, 5) is 33.8. The molecule has 0 heterocycles. The van der Waals surface area contributed by atoms with E-state index in [1.807, 2.05) is 0 Å². The van der Waals surface area contributed by atoms with E-state index in [2.05, 4.69) is 10.6 Å². The van der Waals surface area contributed by atoms with Crippen molar-refractivity contribution in [1.82, 2.24) is 0 Å². The van der Waals surface area contributed by atoms with Crippen LogP contribution in [0.2, 0.25) is 5.02 Å². The summed E-state index contributed by atoms with van der Waals surface area (Å²) in [5, 5.41) is 16.1. The van der Waals surface area contributed by atoms with Gasteiger partial charge in [0, 0.05) is 24.7 Å². The van der Waals surface area contributed by atoms with Crippen molar-refractivity contribution in [3.63, 3.8) is 0 Å². The minimum absolute atomic E-state index is 0.0310. The average Bonchev–Trinajstić information content (AvgIpc) is 2.66. The Hall–Kier alpha value is -3.20. The molecular weight excluding hydrogens is 393 g/mol. The van der Waals surface area contributed by atoms with Crippen LogP contribution in [0.4, 0.5) is 21.5 Å². The zero-order chi connectivity index (χ0) is 20.5. The number of amides is 1. The third-order valence-corrected chi connectivity index (χ3v) is 3.83. The topological polar surface area (TPSA) is 111 Å². The number of carbonyl (C=O) groups excluding carboxylic acids is 2. The summed E-state index contributed by atoms with van der Waals surface area (Å²) >= 11 is 5.61. The normalized spacial score (nSPS) is 10.2. The van der Waals surface area contributed by atoms with Crippen LogP contribution in [0.5, 0.6) is 0 Å². The van der Waals surface area contributed by atoms with Gasteiger partial charge in [-0.15, -0.1) is 0 Å². The van der Waals surface area contributed by atoms with Crippen LogP contribution in [0.15, 0.2) is 42.5 Å².